The third-order valence-corrected chi connectivity index (χ3v) is 6.96. The Morgan fingerprint density at radius 3 is 2.67 bits per heavy atom. The van der Waals surface area contributed by atoms with Gasteiger partial charge in [0, 0.05) is 42.3 Å². The van der Waals surface area contributed by atoms with E-state index in [1.54, 1.807) is 36.4 Å². The highest BCUT2D eigenvalue weighted by molar-refractivity contribution is 6.00. The van der Waals surface area contributed by atoms with E-state index in [1.165, 1.54) is 7.11 Å². The van der Waals surface area contributed by atoms with Crippen molar-refractivity contribution in [3.8, 4) is 11.1 Å². The molecular formula is C27H26F2N4O3. The van der Waals surface area contributed by atoms with Crippen molar-refractivity contribution in [3.63, 3.8) is 0 Å². The highest BCUT2D eigenvalue weighted by Crippen LogP contribution is 2.43. The molecule has 2 atom stereocenters. The van der Waals surface area contributed by atoms with Crippen molar-refractivity contribution >= 4 is 29.1 Å². The van der Waals surface area contributed by atoms with Crippen LogP contribution in [0.4, 0.5) is 26.0 Å². The fourth-order valence-electron chi connectivity index (χ4n) is 5.02. The molecule has 36 heavy (non-hydrogen) atoms. The van der Waals surface area contributed by atoms with Gasteiger partial charge in [-0.2, -0.15) is 0 Å². The van der Waals surface area contributed by atoms with Gasteiger partial charge in [0.2, 0.25) is 11.8 Å². The fourth-order valence-corrected chi connectivity index (χ4v) is 5.02. The number of rotatable bonds is 3. The maximum absolute atomic E-state index is 14.0. The summed E-state index contributed by atoms with van der Waals surface area (Å²) >= 11 is 0. The molecule has 3 heterocycles. The van der Waals surface area contributed by atoms with E-state index < -0.39 is 23.7 Å². The Labute approximate surface area is 207 Å². The third-order valence-electron chi connectivity index (χ3n) is 6.96. The number of benzene rings is 1. The maximum atomic E-state index is 14.0. The lowest BCUT2D eigenvalue weighted by Crippen LogP contribution is -2.42. The van der Waals surface area contributed by atoms with Crippen molar-refractivity contribution in [2.45, 2.75) is 38.7 Å². The summed E-state index contributed by atoms with van der Waals surface area (Å²) in [6, 6.07) is 12.7. The maximum Gasteiger partial charge on any atom is 0.356 e. The Morgan fingerprint density at radius 1 is 1.14 bits per heavy atom. The smallest absolute Gasteiger partial charge is 0.356 e. The number of carbonyl (C=O) groups excluding carboxylic acids is 2. The Balaban J connectivity index is 1.54. The Bertz CT molecular complexity index is 1310. The standard InChI is InChI=1S/C27H26F2N4O3/c1-16-13-27(28,29)10-9-20(16)25(34)33-15-19-4-3-11-30-24(19)32-21-7-5-17(12-23(21)33)18-6-8-22(31-14-18)26(35)36-2/h3-8,11-12,14,16,20H,9-10,13,15H2,1-2H3,(H,30,32)/t16-,20-/m1/s1. The number of nitrogens with one attached hydrogen (secondary N) is 1. The molecule has 0 saturated heterocycles. The quantitative estimate of drug-likeness (QED) is 0.480. The van der Waals surface area contributed by atoms with E-state index in [-0.39, 0.29) is 37.4 Å². The van der Waals surface area contributed by atoms with E-state index in [0.29, 0.717) is 17.2 Å². The molecule has 0 spiro atoms. The molecule has 2 aromatic heterocycles. The summed E-state index contributed by atoms with van der Waals surface area (Å²) in [6.45, 7) is 2.00. The van der Waals surface area contributed by atoms with Gasteiger partial charge in [0.25, 0.3) is 0 Å². The molecular weight excluding hydrogens is 466 g/mol. The molecule has 9 heteroatoms. The normalized spacial score (nSPS) is 20.4. The van der Waals surface area contributed by atoms with E-state index >= 15 is 0 Å². The zero-order chi connectivity index (χ0) is 25.4. The Kier molecular flexibility index (Phi) is 6.15. The van der Waals surface area contributed by atoms with Crippen molar-refractivity contribution in [2.75, 3.05) is 17.3 Å². The number of hydrogen-bond acceptors (Lipinski definition) is 6. The van der Waals surface area contributed by atoms with Crippen LogP contribution in [0, 0.1) is 11.8 Å². The van der Waals surface area contributed by atoms with Crippen LogP contribution in [0.15, 0.2) is 54.9 Å². The van der Waals surface area contributed by atoms with Crippen LogP contribution in [0.2, 0.25) is 0 Å². The number of amides is 1. The molecule has 1 aliphatic carbocycles. The van der Waals surface area contributed by atoms with Crippen LogP contribution < -0.4 is 10.2 Å². The van der Waals surface area contributed by atoms with Gasteiger partial charge in [0.1, 0.15) is 11.5 Å². The number of esters is 1. The van der Waals surface area contributed by atoms with Gasteiger partial charge in [0.05, 0.1) is 25.0 Å². The first-order chi connectivity index (χ1) is 17.3. The number of ether oxygens (including phenoxy) is 1. The van der Waals surface area contributed by atoms with E-state index in [0.717, 1.165) is 16.7 Å². The summed E-state index contributed by atoms with van der Waals surface area (Å²) in [7, 11) is 1.30. The summed E-state index contributed by atoms with van der Waals surface area (Å²) in [5, 5.41) is 3.32. The minimum atomic E-state index is -2.73. The van der Waals surface area contributed by atoms with Crippen LogP contribution >= 0.6 is 0 Å². The average molecular weight is 493 g/mol. The fraction of sp³-hybridized carbons (Fsp3) is 0.333. The van der Waals surface area contributed by atoms with Gasteiger partial charge in [-0.05, 0) is 42.2 Å². The number of fused-ring (bicyclic) bond motifs is 2. The summed E-state index contributed by atoms with van der Waals surface area (Å²) in [4.78, 5) is 35.9. The van der Waals surface area contributed by atoms with Crippen LogP contribution in [-0.4, -0.2) is 34.9 Å². The van der Waals surface area contributed by atoms with E-state index in [4.69, 9.17) is 4.74 Å². The predicted octanol–water partition coefficient (Wildman–Crippen LogP) is 5.59. The number of carbonyl (C=O) groups is 2. The summed E-state index contributed by atoms with van der Waals surface area (Å²) in [6.07, 6.45) is 2.82. The second kappa shape index (κ2) is 9.29. The number of pyridine rings is 2. The number of anilines is 3. The molecule has 1 N–H and O–H groups in total. The lowest BCUT2D eigenvalue weighted by molar-refractivity contribution is -0.130. The zero-order valence-electron chi connectivity index (χ0n) is 20.0. The number of methoxy groups -OCH3 is 1. The highest BCUT2D eigenvalue weighted by atomic mass is 19.3. The summed E-state index contributed by atoms with van der Waals surface area (Å²) in [5.41, 5.74) is 3.90. The second-order valence-electron chi connectivity index (χ2n) is 9.40. The van der Waals surface area contributed by atoms with Gasteiger partial charge < -0.3 is 15.0 Å². The lowest BCUT2D eigenvalue weighted by Gasteiger charge is -2.36. The first-order valence-corrected chi connectivity index (χ1v) is 11.8. The topological polar surface area (TPSA) is 84.4 Å². The molecule has 1 aromatic carbocycles. The molecule has 0 unspecified atom stereocenters. The number of nitrogens with zero attached hydrogens (tertiary/aromatic N) is 3. The Hall–Kier alpha value is -3.88. The van der Waals surface area contributed by atoms with Crippen molar-refractivity contribution in [2.24, 2.45) is 11.8 Å². The van der Waals surface area contributed by atoms with E-state index in [1.807, 2.05) is 30.3 Å². The van der Waals surface area contributed by atoms with Gasteiger partial charge in [-0.1, -0.05) is 25.1 Å². The number of halogens is 2. The van der Waals surface area contributed by atoms with Crippen LogP contribution in [0.1, 0.15) is 42.2 Å². The van der Waals surface area contributed by atoms with Crippen LogP contribution in [0.5, 0.6) is 0 Å². The second-order valence-corrected chi connectivity index (χ2v) is 9.40. The van der Waals surface area contributed by atoms with Crippen LogP contribution in [-0.2, 0) is 16.1 Å². The number of hydrogen-bond donors (Lipinski definition) is 1. The van der Waals surface area contributed by atoms with Crippen molar-refractivity contribution < 1.29 is 23.1 Å². The van der Waals surface area contributed by atoms with E-state index in [9.17, 15) is 18.4 Å². The minimum Gasteiger partial charge on any atom is -0.464 e. The minimum absolute atomic E-state index is 0.144. The monoisotopic (exact) mass is 492 g/mol. The summed E-state index contributed by atoms with van der Waals surface area (Å²) < 4.78 is 32.7. The van der Waals surface area contributed by atoms with Gasteiger partial charge in [-0.25, -0.2) is 23.5 Å². The van der Waals surface area contributed by atoms with Crippen LogP contribution in [0.25, 0.3) is 11.1 Å². The molecule has 186 valence electrons. The molecule has 0 radical (unpaired) electrons. The number of alkyl halides is 2. The molecule has 1 aliphatic heterocycles. The van der Waals surface area contributed by atoms with Gasteiger partial charge in [-0.3, -0.25) is 4.79 Å². The zero-order valence-corrected chi connectivity index (χ0v) is 20.0. The molecule has 1 amide bonds. The van der Waals surface area contributed by atoms with Crippen molar-refractivity contribution in [1.29, 1.82) is 0 Å². The van der Waals surface area contributed by atoms with E-state index in [2.05, 4.69) is 15.3 Å². The molecule has 5 rings (SSSR count). The third kappa shape index (κ3) is 4.53. The molecule has 1 fully saturated rings. The molecule has 3 aromatic rings. The van der Waals surface area contributed by atoms with Gasteiger partial charge >= 0.3 is 5.97 Å². The van der Waals surface area contributed by atoms with Crippen molar-refractivity contribution in [3.05, 3.63) is 66.1 Å². The SMILES string of the molecule is COC(=O)c1ccc(-c2ccc3c(c2)N(C(=O)[C@@H]2CCC(F)(F)C[C@H]2C)Cc2cccnc2N3)cn1. The molecule has 0 bridgehead atoms. The molecule has 1 saturated carbocycles. The summed E-state index contributed by atoms with van der Waals surface area (Å²) in [5.74, 6) is -3.72. The van der Waals surface area contributed by atoms with Crippen LogP contribution in [0.3, 0.4) is 0 Å². The highest BCUT2D eigenvalue weighted by Gasteiger charge is 2.44. The van der Waals surface area contributed by atoms with Gasteiger partial charge in [0.15, 0.2) is 0 Å². The predicted molar refractivity (Wildman–Crippen MR) is 131 cm³/mol. The molecule has 7 nitrogen and oxygen atoms in total. The number of aromatic nitrogens is 2. The largest absolute Gasteiger partial charge is 0.464 e. The Morgan fingerprint density at radius 2 is 1.94 bits per heavy atom. The lowest BCUT2D eigenvalue weighted by atomic mass is 9.77. The average Bonchev–Trinajstić information content (AvgIpc) is 3.04. The first kappa shape index (κ1) is 23.8. The first-order valence-electron chi connectivity index (χ1n) is 11.8. The van der Waals surface area contributed by atoms with Gasteiger partial charge in [-0.15, -0.1) is 0 Å². The molecule has 2 aliphatic rings. The van der Waals surface area contributed by atoms with Crippen molar-refractivity contribution in [1.82, 2.24) is 9.97 Å².